The first-order valence-corrected chi connectivity index (χ1v) is 12.8. The predicted octanol–water partition coefficient (Wildman–Crippen LogP) is 5.69. The molecule has 0 radical (unpaired) electrons. The van der Waals surface area contributed by atoms with Crippen molar-refractivity contribution >= 4 is 40.7 Å². The highest BCUT2D eigenvalue weighted by Gasteiger charge is 2.50. The third kappa shape index (κ3) is 3.56. The summed E-state index contributed by atoms with van der Waals surface area (Å²) in [7, 11) is -7.28. The molecule has 0 aliphatic carbocycles. The van der Waals surface area contributed by atoms with Gasteiger partial charge in [0.15, 0.2) is 0 Å². The molecule has 0 saturated heterocycles. The first-order chi connectivity index (χ1) is 14.2. The standard InChI is InChI=1S/C24H23O3PS.Mg.2H/c25-28(26)27-29(21-13-5-1-6-14-21,22-15-7-2-8-16-22,23-17-9-3-10-18-23)24-19-11-4-12-20-24;;;/h1-20,28-29H,(H,25,26);;;. The zero-order valence-corrected chi connectivity index (χ0v) is 17.7. The van der Waals surface area contributed by atoms with E-state index in [1.165, 1.54) is 0 Å². The molecule has 1 atom stereocenters. The van der Waals surface area contributed by atoms with Crippen molar-refractivity contribution in [3.63, 3.8) is 0 Å². The molecule has 0 spiro atoms. The van der Waals surface area contributed by atoms with E-state index in [-0.39, 0.29) is 23.1 Å². The lowest BCUT2D eigenvalue weighted by atomic mass is 10.3. The van der Waals surface area contributed by atoms with Crippen LogP contribution in [0.2, 0.25) is 0 Å². The predicted molar refractivity (Wildman–Crippen MR) is 129 cm³/mol. The molecular weight excluding hydrogens is 424 g/mol. The Balaban J connectivity index is 0.00000256. The first-order valence-electron chi connectivity index (χ1n) is 9.35. The van der Waals surface area contributed by atoms with Gasteiger partial charge in [-0.05, 0) is 48.5 Å². The zero-order valence-electron chi connectivity index (χ0n) is 15.8. The van der Waals surface area contributed by atoms with Crippen LogP contribution < -0.4 is 0 Å². The summed E-state index contributed by atoms with van der Waals surface area (Å²) >= 11 is 0. The summed E-state index contributed by atoms with van der Waals surface area (Å²) in [5.41, 5.74) is 0. The molecule has 0 bridgehead atoms. The van der Waals surface area contributed by atoms with Crippen molar-refractivity contribution in [3.8, 4) is 0 Å². The highest BCUT2D eigenvalue weighted by molar-refractivity contribution is 8.47. The van der Waals surface area contributed by atoms with Gasteiger partial charge in [-0.2, -0.15) is 0 Å². The summed E-state index contributed by atoms with van der Waals surface area (Å²) in [4.78, 5) is 13.8. The largest absolute Gasteiger partial charge is 0.326 e. The Bertz CT molecular complexity index is 941. The molecule has 0 aromatic heterocycles. The van der Waals surface area contributed by atoms with E-state index in [0.29, 0.717) is 0 Å². The van der Waals surface area contributed by atoms with Crippen molar-refractivity contribution in [1.82, 2.24) is 0 Å². The minimum absolute atomic E-state index is 0. The van der Waals surface area contributed by atoms with Crippen LogP contribution in [-0.2, 0) is 8.54 Å². The van der Waals surface area contributed by atoms with Gasteiger partial charge in [0.25, 0.3) is 0 Å². The quantitative estimate of drug-likeness (QED) is 0.226. The second-order valence-corrected chi connectivity index (χ2v) is 12.1. The van der Waals surface area contributed by atoms with E-state index in [9.17, 15) is 9.46 Å². The normalized spacial score (nSPS) is 13.4. The smallest absolute Gasteiger partial charge is 0.325 e. The van der Waals surface area contributed by atoms with Gasteiger partial charge < -0.3 is 4.89 Å². The van der Waals surface area contributed by atoms with Crippen molar-refractivity contribution < 1.29 is 13.4 Å². The molecule has 3 nitrogen and oxygen atoms in total. The van der Waals surface area contributed by atoms with Crippen LogP contribution in [-0.4, -0.2) is 27.9 Å². The molecule has 152 valence electrons. The fourth-order valence-electron chi connectivity index (χ4n) is 4.11. The van der Waals surface area contributed by atoms with Crippen LogP contribution in [0.4, 0.5) is 0 Å². The van der Waals surface area contributed by atoms with E-state index in [0.717, 1.165) is 19.6 Å². The Labute approximate surface area is 194 Å². The summed E-state index contributed by atoms with van der Waals surface area (Å²) in [6.45, 7) is 0. The maximum atomic E-state index is 12.5. The molecule has 4 aromatic carbocycles. The summed E-state index contributed by atoms with van der Waals surface area (Å²) in [5.74, 6) is 0. The fraction of sp³-hybridized carbons (Fsp3) is 0. The van der Waals surface area contributed by atoms with E-state index < -0.39 is 17.7 Å². The van der Waals surface area contributed by atoms with Crippen LogP contribution in [0, 0.1) is 0 Å². The number of rotatable bonds is 6. The average Bonchev–Trinajstić information content (AvgIpc) is 2.80. The maximum absolute atomic E-state index is 12.5. The SMILES string of the molecule is O=[PH](O)O[SH](c1ccccc1)(c1ccccc1)(c1ccccc1)c1ccccc1.[MgH2]. The van der Waals surface area contributed by atoms with E-state index in [2.05, 4.69) is 0 Å². The van der Waals surface area contributed by atoms with Crippen molar-refractivity contribution in [2.45, 2.75) is 19.6 Å². The highest BCUT2D eigenvalue weighted by Crippen LogP contribution is 2.92. The maximum Gasteiger partial charge on any atom is 0.325 e. The van der Waals surface area contributed by atoms with Gasteiger partial charge in [-0.25, -0.2) is 0 Å². The molecule has 0 heterocycles. The van der Waals surface area contributed by atoms with Crippen LogP contribution in [0.25, 0.3) is 0 Å². The molecule has 4 aromatic rings. The van der Waals surface area contributed by atoms with Gasteiger partial charge in [-0.1, -0.05) is 72.8 Å². The lowest BCUT2D eigenvalue weighted by Gasteiger charge is -2.61. The van der Waals surface area contributed by atoms with Gasteiger partial charge in [-0.3, -0.25) is 8.54 Å². The Morgan fingerprint density at radius 1 is 0.533 bits per heavy atom. The number of thiol groups is 1. The lowest BCUT2D eigenvalue weighted by Crippen LogP contribution is -2.22. The molecule has 0 fully saturated rings. The summed E-state index contributed by atoms with van der Waals surface area (Å²) < 4.78 is 18.9. The van der Waals surface area contributed by atoms with Crippen LogP contribution in [0.5, 0.6) is 0 Å². The van der Waals surface area contributed by atoms with Crippen LogP contribution >= 0.6 is 17.7 Å². The Morgan fingerprint density at radius 3 is 0.967 bits per heavy atom. The summed E-state index contributed by atoms with van der Waals surface area (Å²) in [5, 5.41) is 0. The second-order valence-electron chi connectivity index (χ2n) is 6.74. The molecule has 0 aliphatic rings. The van der Waals surface area contributed by atoms with Gasteiger partial charge >= 0.3 is 31.3 Å². The van der Waals surface area contributed by atoms with Crippen molar-refractivity contribution in [2.24, 2.45) is 0 Å². The highest BCUT2D eigenvalue weighted by atomic mass is 32.3. The number of benzene rings is 4. The second kappa shape index (κ2) is 9.52. The molecule has 1 N–H and O–H groups in total. The van der Waals surface area contributed by atoms with Gasteiger partial charge in [0, 0.05) is 19.6 Å². The molecule has 0 amide bonds. The average molecular weight is 449 g/mol. The zero-order chi connectivity index (χ0) is 20.2. The Kier molecular flexibility index (Phi) is 7.24. The van der Waals surface area contributed by atoms with E-state index in [4.69, 9.17) is 3.97 Å². The summed E-state index contributed by atoms with van der Waals surface area (Å²) in [6.07, 6.45) is 0. The van der Waals surface area contributed by atoms with Gasteiger partial charge in [0.2, 0.25) is 0 Å². The molecule has 0 saturated carbocycles. The van der Waals surface area contributed by atoms with E-state index in [1.54, 1.807) is 0 Å². The fourth-order valence-corrected chi connectivity index (χ4v) is 11.8. The van der Waals surface area contributed by atoms with Gasteiger partial charge in [-0.15, -0.1) is 9.44 Å². The lowest BCUT2D eigenvalue weighted by molar-refractivity contribution is 0.421. The molecule has 30 heavy (non-hydrogen) atoms. The summed E-state index contributed by atoms with van der Waals surface area (Å²) in [6, 6.07) is 39.3. The minimum Gasteiger partial charge on any atom is -0.326 e. The number of hydrogen-bond donors (Lipinski definition) is 2. The van der Waals surface area contributed by atoms with Crippen LogP contribution in [0.15, 0.2) is 141 Å². The van der Waals surface area contributed by atoms with Crippen molar-refractivity contribution in [3.05, 3.63) is 121 Å². The Hall–Kier alpha value is -1.85. The van der Waals surface area contributed by atoms with E-state index in [1.807, 2.05) is 121 Å². The van der Waals surface area contributed by atoms with Crippen molar-refractivity contribution in [2.75, 3.05) is 0 Å². The van der Waals surface area contributed by atoms with E-state index >= 15 is 0 Å². The molecule has 6 heteroatoms. The molecule has 0 aliphatic heterocycles. The van der Waals surface area contributed by atoms with Crippen molar-refractivity contribution in [1.29, 1.82) is 0 Å². The molecule has 4 rings (SSSR count). The van der Waals surface area contributed by atoms with Crippen LogP contribution in [0.3, 0.4) is 0 Å². The molecular formula is C24H25MgO3PS. The third-order valence-corrected chi connectivity index (χ3v) is 12.5. The molecule has 1 unspecified atom stereocenters. The third-order valence-electron chi connectivity index (χ3n) is 5.26. The van der Waals surface area contributed by atoms with Gasteiger partial charge in [0.05, 0.1) is 0 Å². The van der Waals surface area contributed by atoms with Crippen LogP contribution in [0.1, 0.15) is 0 Å². The number of hydrogen-bond acceptors (Lipinski definition) is 2. The Morgan fingerprint density at radius 2 is 0.767 bits per heavy atom. The van der Waals surface area contributed by atoms with Gasteiger partial charge in [0.1, 0.15) is 0 Å². The topological polar surface area (TPSA) is 46.5 Å². The first kappa shape index (κ1) is 22.8. The minimum atomic E-state index is -3.95. The monoisotopic (exact) mass is 448 g/mol.